The van der Waals surface area contributed by atoms with E-state index < -0.39 is 0 Å². The zero-order chi connectivity index (χ0) is 19.6. The summed E-state index contributed by atoms with van der Waals surface area (Å²) in [5.74, 6) is 1.25. The van der Waals surface area contributed by atoms with Crippen LogP contribution in [0.25, 0.3) is 22.1 Å². The van der Waals surface area contributed by atoms with Crippen LogP contribution in [0.2, 0.25) is 0 Å². The van der Waals surface area contributed by atoms with Crippen molar-refractivity contribution in [3.05, 3.63) is 60.2 Å². The third-order valence-electron chi connectivity index (χ3n) is 5.53. The fourth-order valence-electron chi connectivity index (χ4n) is 3.99. The van der Waals surface area contributed by atoms with Gasteiger partial charge in [0.2, 0.25) is 5.75 Å². The van der Waals surface area contributed by atoms with Crippen LogP contribution >= 0.6 is 0 Å². The minimum atomic E-state index is 0.320. The van der Waals surface area contributed by atoms with Crippen LogP contribution in [0.15, 0.2) is 53.4 Å². The molecule has 0 unspecified atom stereocenters. The average molecular weight is 389 g/mol. The Balaban J connectivity index is 1.50. The molecule has 4 heterocycles. The predicted molar refractivity (Wildman–Crippen MR) is 112 cm³/mol. The third kappa shape index (κ3) is 3.34. The average Bonchev–Trinajstić information content (AvgIpc) is 3.41. The minimum Gasteiger partial charge on any atom is -0.482 e. The van der Waals surface area contributed by atoms with E-state index in [1.54, 1.807) is 12.5 Å². The van der Waals surface area contributed by atoms with Crippen molar-refractivity contribution in [2.24, 2.45) is 0 Å². The number of nitrogen functional groups attached to an aromatic ring is 1. The number of benzene rings is 1. The van der Waals surface area contributed by atoms with Gasteiger partial charge in [-0.15, -0.1) is 0 Å². The molecule has 5 rings (SSSR count). The van der Waals surface area contributed by atoms with Crippen LogP contribution < -0.4 is 15.8 Å². The number of H-pyrrole nitrogens is 1. The summed E-state index contributed by atoms with van der Waals surface area (Å²) < 4.78 is 11.9. The molecule has 0 aliphatic carbocycles. The molecule has 4 aromatic rings. The second-order valence-electron chi connectivity index (χ2n) is 7.36. The van der Waals surface area contributed by atoms with Gasteiger partial charge in [0.1, 0.15) is 12.9 Å². The number of piperidine rings is 1. The van der Waals surface area contributed by atoms with Crippen molar-refractivity contribution in [3.63, 3.8) is 0 Å². The Kier molecular flexibility index (Phi) is 4.65. The Morgan fingerprint density at radius 3 is 2.76 bits per heavy atom. The molecular weight excluding hydrogens is 366 g/mol. The molecule has 1 aliphatic rings. The number of hydrogen-bond acceptors (Lipinski definition) is 6. The van der Waals surface area contributed by atoms with Crippen molar-refractivity contribution < 1.29 is 9.15 Å². The second kappa shape index (κ2) is 7.60. The second-order valence-corrected chi connectivity index (χ2v) is 7.36. The first-order valence-corrected chi connectivity index (χ1v) is 9.88. The summed E-state index contributed by atoms with van der Waals surface area (Å²) in [4.78, 5) is 4.36. The van der Waals surface area contributed by atoms with Gasteiger partial charge >= 0.3 is 0 Å². The maximum absolute atomic E-state index is 6.10. The van der Waals surface area contributed by atoms with Crippen molar-refractivity contribution in [3.8, 4) is 16.9 Å². The zero-order valence-corrected chi connectivity index (χ0v) is 16.0. The molecular formula is C22H23N5O2. The number of aromatic amines is 1. The van der Waals surface area contributed by atoms with E-state index in [0.29, 0.717) is 29.7 Å². The minimum absolute atomic E-state index is 0.320. The molecule has 1 aliphatic heterocycles. The molecule has 1 aromatic carbocycles. The van der Waals surface area contributed by atoms with Gasteiger partial charge in [-0.05, 0) is 31.5 Å². The Morgan fingerprint density at radius 1 is 1.10 bits per heavy atom. The molecule has 0 radical (unpaired) electrons. The molecule has 4 N–H and O–H groups in total. The van der Waals surface area contributed by atoms with Gasteiger partial charge in [-0.3, -0.25) is 5.10 Å². The van der Waals surface area contributed by atoms with Crippen LogP contribution in [-0.4, -0.2) is 28.3 Å². The molecule has 0 amide bonds. The number of fused-ring (bicyclic) bond motifs is 1. The molecule has 29 heavy (non-hydrogen) atoms. The lowest BCUT2D eigenvalue weighted by atomic mass is 9.90. The molecule has 7 nitrogen and oxygen atoms in total. The lowest BCUT2D eigenvalue weighted by molar-refractivity contribution is 0.306. The van der Waals surface area contributed by atoms with Gasteiger partial charge in [-0.2, -0.15) is 5.10 Å². The third-order valence-corrected chi connectivity index (χ3v) is 5.53. The summed E-state index contributed by atoms with van der Waals surface area (Å²) in [5, 5.41) is 11.8. The molecule has 0 atom stereocenters. The van der Waals surface area contributed by atoms with Crippen LogP contribution in [0.3, 0.4) is 0 Å². The fraction of sp³-hybridized carbons (Fsp3) is 0.273. The Hall–Kier alpha value is -3.32. The first-order chi connectivity index (χ1) is 14.3. The molecule has 1 fully saturated rings. The number of ether oxygens (including phenoxy) is 1. The summed E-state index contributed by atoms with van der Waals surface area (Å²) in [5.41, 5.74) is 10.9. The Morgan fingerprint density at radius 2 is 1.93 bits per heavy atom. The number of pyridine rings is 1. The Labute approximate surface area is 168 Å². The number of anilines is 1. The van der Waals surface area contributed by atoms with E-state index in [1.165, 1.54) is 0 Å². The first-order valence-electron chi connectivity index (χ1n) is 9.88. The van der Waals surface area contributed by atoms with Crippen molar-refractivity contribution in [1.29, 1.82) is 0 Å². The van der Waals surface area contributed by atoms with Gasteiger partial charge < -0.3 is 20.2 Å². The quantitative estimate of drug-likeness (QED) is 0.479. The molecule has 1 saturated heterocycles. The topological polar surface area (TPSA) is 102 Å². The van der Waals surface area contributed by atoms with Crippen LogP contribution in [0.1, 0.15) is 30.0 Å². The number of hydrogen-bond donors (Lipinski definition) is 3. The van der Waals surface area contributed by atoms with Crippen LogP contribution in [0.4, 0.5) is 5.82 Å². The van der Waals surface area contributed by atoms with Gasteiger partial charge in [0.15, 0.2) is 11.4 Å². The molecule has 148 valence electrons. The highest BCUT2D eigenvalue weighted by molar-refractivity contribution is 5.98. The number of furan rings is 1. The molecule has 3 aromatic heterocycles. The van der Waals surface area contributed by atoms with E-state index in [2.05, 4.69) is 20.5 Å². The van der Waals surface area contributed by atoms with Crippen LogP contribution in [0.5, 0.6) is 5.75 Å². The monoisotopic (exact) mass is 389 g/mol. The smallest absolute Gasteiger partial charge is 0.205 e. The number of rotatable bonds is 5. The van der Waals surface area contributed by atoms with E-state index in [0.717, 1.165) is 53.7 Å². The van der Waals surface area contributed by atoms with Gasteiger partial charge in [-0.1, -0.05) is 30.3 Å². The van der Waals surface area contributed by atoms with Gasteiger partial charge in [0.05, 0.1) is 11.6 Å². The standard InChI is InChI=1S/C22H23N5O2/c23-22-21(28-12-14-4-2-1-3-5-14)20-17(10-25-22)18(13-29-20)16-11-26-27-19(16)15-6-8-24-9-7-15/h1-5,10-11,13,15,24H,6-9,12H2,(H2,23,25)(H,26,27). The summed E-state index contributed by atoms with van der Waals surface area (Å²) in [7, 11) is 0. The number of aromatic nitrogens is 3. The van der Waals surface area contributed by atoms with Crippen LogP contribution in [-0.2, 0) is 6.61 Å². The maximum atomic E-state index is 6.10. The predicted octanol–water partition coefficient (Wildman–Crippen LogP) is 3.85. The van der Waals surface area contributed by atoms with Crippen molar-refractivity contribution in [2.75, 3.05) is 18.8 Å². The summed E-state index contributed by atoms with van der Waals surface area (Å²) >= 11 is 0. The summed E-state index contributed by atoms with van der Waals surface area (Å²) in [6, 6.07) is 9.95. The molecule has 7 heteroatoms. The highest BCUT2D eigenvalue weighted by Crippen LogP contribution is 2.40. The highest BCUT2D eigenvalue weighted by atomic mass is 16.5. The van der Waals surface area contributed by atoms with Crippen molar-refractivity contribution >= 4 is 16.8 Å². The van der Waals surface area contributed by atoms with Crippen molar-refractivity contribution in [1.82, 2.24) is 20.5 Å². The number of nitrogens with zero attached hydrogens (tertiary/aromatic N) is 2. The summed E-state index contributed by atoms with van der Waals surface area (Å²) in [6.07, 6.45) is 7.53. The van der Waals surface area contributed by atoms with Gasteiger partial charge in [-0.25, -0.2) is 4.98 Å². The van der Waals surface area contributed by atoms with E-state index in [4.69, 9.17) is 14.9 Å². The van der Waals surface area contributed by atoms with E-state index in [-0.39, 0.29) is 0 Å². The van der Waals surface area contributed by atoms with E-state index >= 15 is 0 Å². The molecule has 0 spiro atoms. The van der Waals surface area contributed by atoms with Gasteiger partial charge in [0, 0.05) is 28.9 Å². The van der Waals surface area contributed by atoms with E-state index in [1.807, 2.05) is 36.5 Å². The van der Waals surface area contributed by atoms with Crippen molar-refractivity contribution in [2.45, 2.75) is 25.4 Å². The highest BCUT2D eigenvalue weighted by Gasteiger charge is 2.24. The fourth-order valence-corrected chi connectivity index (χ4v) is 3.99. The lowest BCUT2D eigenvalue weighted by Crippen LogP contribution is -2.27. The normalized spacial score (nSPS) is 15.0. The Bertz CT molecular complexity index is 1110. The lowest BCUT2D eigenvalue weighted by Gasteiger charge is -2.22. The number of nitrogens with two attached hydrogens (primary N) is 1. The number of nitrogens with one attached hydrogen (secondary N) is 2. The zero-order valence-electron chi connectivity index (χ0n) is 16.0. The largest absolute Gasteiger partial charge is 0.482 e. The maximum Gasteiger partial charge on any atom is 0.205 e. The SMILES string of the molecule is Nc1ncc2c(-c3cn[nH]c3C3CCNCC3)coc2c1OCc1ccccc1. The molecule has 0 saturated carbocycles. The van der Waals surface area contributed by atoms with E-state index in [9.17, 15) is 0 Å². The van der Waals surface area contributed by atoms with Gasteiger partial charge in [0.25, 0.3) is 0 Å². The first kappa shape index (κ1) is 17.8. The summed E-state index contributed by atoms with van der Waals surface area (Å²) in [6.45, 7) is 2.43. The molecule has 0 bridgehead atoms. The van der Waals surface area contributed by atoms with Crippen LogP contribution in [0, 0.1) is 0 Å².